The fourth-order valence-corrected chi connectivity index (χ4v) is 5.52. The zero-order valence-corrected chi connectivity index (χ0v) is 22.6. The number of carbonyl (C=O) groups excluding carboxylic acids is 2. The third kappa shape index (κ3) is 5.82. The average molecular weight is 568 g/mol. The minimum atomic E-state index is -2.89. The van der Waals surface area contributed by atoms with Crippen LogP contribution in [0.5, 0.6) is 0 Å². The Bertz CT molecular complexity index is 1610. The summed E-state index contributed by atoms with van der Waals surface area (Å²) in [5.41, 5.74) is 1.86. The molecule has 1 aliphatic carbocycles. The molecule has 208 valence electrons. The molecular weight excluding hydrogens is 540 g/mol. The number of pyridine rings is 2. The first-order chi connectivity index (χ1) is 19.2. The molecule has 0 radical (unpaired) electrons. The lowest BCUT2D eigenvalue weighted by Crippen LogP contribution is -2.39. The van der Waals surface area contributed by atoms with E-state index in [0.29, 0.717) is 30.8 Å². The summed E-state index contributed by atoms with van der Waals surface area (Å²) in [7, 11) is 0. The maximum absolute atomic E-state index is 13.6. The van der Waals surface area contributed by atoms with Gasteiger partial charge in [0.05, 0.1) is 33.5 Å². The Kier molecular flexibility index (Phi) is 8.07. The largest absolute Gasteiger partial charge is 0.349 e. The molecule has 0 aliphatic heterocycles. The fourth-order valence-electron chi connectivity index (χ4n) is 5.36. The second kappa shape index (κ2) is 11.7. The predicted molar refractivity (Wildman–Crippen MR) is 147 cm³/mol. The van der Waals surface area contributed by atoms with Crippen LogP contribution in [0.4, 0.5) is 8.78 Å². The number of amides is 1. The van der Waals surface area contributed by atoms with Crippen molar-refractivity contribution in [3.8, 4) is 5.69 Å². The summed E-state index contributed by atoms with van der Waals surface area (Å²) in [4.78, 5) is 45.8. The standard InChI is InChI=1S/C29H28ClF2N5O3/c1-17(38)12-21-10-11-22(15-33-21)37-25-5-3-2-4-24(25)36(29(37)40)16-18-6-8-20(9-7-18)35-28(39)23-13-19(30)14-34-26(23)27(31)32/h2-5,10-11,13-15,18,20,27H,6-9,12,16H2,1H3,(H,35,39). The highest BCUT2D eigenvalue weighted by atomic mass is 35.5. The Morgan fingerprint density at radius 2 is 1.77 bits per heavy atom. The molecule has 1 saturated carbocycles. The number of ketones is 1. The summed E-state index contributed by atoms with van der Waals surface area (Å²) in [5, 5.41) is 2.97. The van der Waals surface area contributed by atoms with Crippen LogP contribution in [0.3, 0.4) is 0 Å². The smallest absolute Gasteiger partial charge is 0.333 e. The average Bonchev–Trinajstić information content (AvgIpc) is 3.20. The number of nitrogens with zero attached hydrogens (tertiary/aromatic N) is 4. The minimum Gasteiger partial charge on any atom is -0.349 e. The summed E-state index contributed by atoms with van der Waals surface area (Å²) in [6, 6.07) is 12.2. The van der Waals surface area contributed by atoms with E-state index in [9.17, 15) is 23.2 Å². The maximum atomic E-state index is 13.6. The van der Waals surface area contributed by atoms with E-state index in [1.807, 2.05) is 24.3 Å². The van der Waals surface area contributed by atoms with Gasteiger partial charge in [0.2, 0.25) is 0 Å². The number of carbonyl (C=O) groups is 2. The van der Waals surface area contributed by atoms with Crippen LogP contribution in [-0.2, 0) is 17.8 Å². The van der Waals surface area contributed by atoms with E-state index in [4.69, 9.17) is 11.6 Å². The van der Waals surface area contributed by atoms with Gasteiger partial charge < -0.3 is 5.32 Å². The van der Waals surface area contributed by atoms with E-state index in [2.05, 4.69) is 15.3 Å². The molecule has 0 unspecified atom stereocenters. The number of fused-ring (bicyclic) bond motifs is 1. The molecule has 4 aromatic rings. The number of para-hydroxylation sites is 2. The Morgan fingerprint density at radius 1 is 1.05 bits per heavy atom. The second-order valence-electron chi connectivity index (χ2n) is 10.2. The molecular formula is C29H28ClF2N5O3. The molecule has 0 bridgehead atoms. The van der Waals surface area contributed by atoms with Gasteiger partial charge in [-0.25, -0.2) is 13.6 Å². The SMILES string of the molecule is CC(=O)Cc1ccc(-n2c(=O)n(CC3CCC(NC(=O)c4cc(Cl)cnc4C(F)F)CC3)c3ccccc32)cn1. The minimum absolute atomic E-state index is 0.0164. The molecule has 11 heteroatoms. The molecule has 0 saturated heterocycles. The van der Waals surface area contributed by atoms with E-state index in [1.54, 1.807) is 27.5 Å². The molecule has 1 aromatic carbocycles. The number of hydrogen-bond donors (Lipinski definition) is 1. The summed E-state index contributed by atoms with van der Waals surface area (Å²) >= 11 is 5.89. The van der Waals surface area contributed by atoms with E-state index in [-0.39, 0.29) is 40.4 Å². The predicted octanol–water partition coefficient (Wildman–Crippen LogP) is 5.29. The monoisotopic (exact) mass is 567 g/mol. The highest BCUT2D eigenvalue weighted by Gasteiger charge is 2.27. The number of imidazole rings is 1. The summed E-state index contributed by atoms with van der Waals surface area (Å²) in [6.07, 6.45) is 2.89. The van der Waals surface area contributed by atoms with Crippen molar-refractivity contribution in [3.05, 3.63) is 87.3 Å². The van der Waals surface area contributed by atoms with Crippen LogP contribution in [0, 0.1) is 5.92 Å². The van der Waals surface area contributed by atoms with Crippen LogP contribution in [-0.4, -0.2) is 36.8 Å². The van der Waals surface area contributed by atoms with Gasteiger partial charge in [-0.3, -0.25) is 28.7 Å². The van der Waals surface area contributed by atoms with Crippen LogP contribution in [0.15, 0.2) is 59.7 Å². The van der Waals surface area contributed by atoms with Crippen molar-refractivity contribution in [2.45, 2.75) is 58.0 Å². The number of alkyl halides is 2. The van der Waals surface area contributed by atoms with E-state index in [0.717, 1.165) is 30.1 Å². The van der Waals surface area contributed by atoms with Gasteiger partial charge in [0.15, 0.2) is 0 Å². The van der Waals surface area contributed by atoms with Gasteiger partial charge in [-0.05, 0) is 68.9 Å². The molecule has 40 heavy (non-hydrogen) atoms. The molecule has 3 aromatic heterocycles. The first-order valence-corrected chi connectivity index (χ1v) is 13.5. The number of aromatic nitrogens is 4. The Balaban J connectivity index is 1.29. The van der Waals surface area contributed by atoms with E-state index < -0.39 is 18.0 Å². The third-order valence-electron chi connectivity index (χ3n) is 7.29. The van der Waals surface area contributed by atoms with Crippen molar-refractivity contribution < 1.29 is 18.4 Å². The molecule has 3 heterocycles. The Morgan fingerprint density at radius 3 is 2.42 bits per heavy atom. The number of hydrogen-bond acceptors (Lipinski definition) is 5. The molecule has 1 aliphatic rings. The number of nitrogens with one attached hydrogen (secondary N) is 1. The lowest BCUT2D eigenvalue weighted by atomic mass is 9.85. The van der Waals surface area contributed by atoms with Gasteiger partial charge in [-0.1, -0.05) is 23.7 Å². The number of rotatable bonds is 8. The first-order valence-electron chi connectivity index (χ1n) is 13.1. The maximum Gasteiger partial charge on any atom is 0.333 e. The van der Waals surface area contributed by atoms with Crippen molar-refractivity contribution in [3.63, 3.8) is 0 Å². The van der Waals surface area contributed by atoms with Crippen LogP contribution >= 0.6 is 11.6 Å². The van der Waals surface area contributed by atoms with Gasteiger partial charge in [-0.15, -0.1) is 0 Å². The van der Waals surface area contributed by atoms with Gasteiger partial charge in [-0.2, -0.15) is 0 Å². The number of Topliss-reactive ketones (excluding diaryl/α,β-unsaturated/α-hetero) is 1. The zero-order valence-electron chi connectivity index (χ0n) is 21.8. The Hall–Kier alpha value is -3.92. The molecule has 1 N–H and O–H groups in total. The molecule has 5 rings (SSSR count). The topological polar surface area (TPSA) is 98.9 Å². The molecule has 1 fully saturated rings. The highest BCUT2D eigenvalue weighted by molar-refractivity contribution is 6.30. The molecule has 0 spiro atoms. The summed E-state index contributed by atoms with van der Waals surface area (Å²) in [6.45, 7) is 2.02. The first kappa shape index (κ1) is 27.6. The van der Waals surface area contributed by atoms with Crippen LogP contribution in [0.2, 0.25) is 5.02 Å². The van der Waals surface area contributed by atoms with Crippen molar-refractivity contribution in [2.75, 3.05) is 0 Å². The van der Waals surface area contributed by atoms with E-state index in [1.165, 1.54) is 13.0 Å². The lowest BCUT2D eigenvalue weighted by molar-refractivity contribution is -0.116. The van der Waals surface area contributed by atoms with Crippen LogP contribution < -0.4 is 11.0 Å². The zero-order chi connectivity index (χ0) is 28.4. The third-order valence-corrected chi connectivity index (χ3v) is 7.50. The second-order valence-corrected chi connectivity index (χ2v) is 10.6. The van der Waals surface area contributed by atoms with E-state index >= 15 is 0 Å². The normalized spacial score (nSPS) is 17.3. The fraction of sp³-hybridized carbons (Fsp3) is 0.345. The summed E-state index contributed by atoms with van der Waals surface area (Å²) in [5.74, 6) is -0.399. The van der Waals surface area contributed by atoms with Gasteiger partial charge >= 0.3 is 5.69 Å². The lowest BCUT2D eigenvalue weighted by Gasteiger charge is -2.29. The van der Waals surface area contributed by atoms with Gasteiger partial charge in [0, 0.05) is 30.9 Å². The van der Waals surface area contributed by atoms with Gasteiger partial charge in [0.1, 0.15) is 11.5 Å². The van der Waals surface area contributed by atoms with Crippen LogP contribution in [0.1, 0.15) is 60.8 Å². The number of benzene rings is 1. The number of halogens is 3. The van der Waals surface area contributed by atoms with Crippen molar-refractivity contribution in [1.29, 1.82) is 0 Å². The van der Waals surface area contributed by atoms with Gasteiger partial charge in [0.25, 0.3) is 12.3 Å². The Labute approximate surface area is 234 Å². The van der Waals surface area contributed by atoms with Crippen molar-refractivity contribution >= 4 is 34.3 Å². The summed E-state index contributed by atoms with van der Waals surface area (Å²) < 4.78 is 30.1. The molecule has 1 amide bonds. The molecule has 0 atom stereocenters. The van der Waals surface area contributed by atoms with Crippen LogP contribution in [0.25, 0.3) is 16.7 Å². The highest BCUT2D eigenvalue weighted by Crippen LogP contribution is 2.29. The quantitative estimate of drug-likeness (QED) is 0.312. The van der Waals surface area contributed by atoms with Crippen molar-refractivity contribution in [2.24, 2.45) is 5.92 Å². The van der Waals surface area contributed by atoms with Crippen molar-refractivity contribution in [1.82, 2.24) is 24.4 Å². The molecule has 8 nitrogen and oxygen atoms in total.